The fraction of sp³-hybridized carbons (Fsp3) is 0.294. The molecule has 0 radical (unpaired) electrons. The minimum atomic E-state index is -0.267. The minimum Gasteiger partial charge on any atom is -0.312 e. The molecule has 1 amide bonds. The van der Waals surface area contributed by atoms with Gasteiger partial charge in [-0.2, -0.15) is 5.26 Å². The van der Waals surface area contributed by atoms with Crippen LogP contribution < -0.4 is 5.32 Å². The highest BCUT2D eigenvalue weighted by atomic mass is 127. The molecule has 118 valence electrons. The van der Waals surface area contributed by atoms with Gasteiger partial charge in [0.15, 0.2) is 0 Å². The second kappa shape index (κ2) is 6.80. The summed E-state index contributed by atoms with van der Waals surface area (Å²) in [6.07, 6.45) is 2.98. The summed E-state index contributed by atoms with van der Waals surface area (Å²) in [6, 6.07) is 7.58. The Labute approximate surface area is 157 Å². The van der Waals surface area contributed by atoms with Gasteiger partial charge in [-0.25, -0.2) is 0 Å². The lowest BCUT2D eigenvalue weighted by Crippen LogP contribution is -2.13. The van der Waals surface area contributed by atoms with Crippen LogP contribution in [0.2, 0.25) is 5.02 Å². The van der Waals surface area contributed by atoms with E-state index >= 15 is 0 Å². The molecule has 0 bridgehead atoms. The Kier molecular flexibility index (Phi) is 4.95. The van der Waals surface area contributed by atoms with Crippen LogP contribution in [-0.4, -0.2) is 5.91 Å². The fourth-order valence-electron chi connectivity index (χ4n) is 2.80. The molecule has 0 saturated heterocycles. The van der Waals surface area contributed by atoms with Crippen LogP contribution in [-0.2, 0) is 12.8 Å². The SMILES string of the molecule is C[C@H]1CCc2c(sc(NC(=O)c3cc(I)ccc3Cl)c2C#N)C1. The van der Waals surface area contributed by atoms with Crippen molar-refractivity contribution in [2.75, 3.05) is 5.32 Å². The maximum Gasteiger partial charge on any atom is 0.257 e. The average Bonchev–Trinajstić information content (AvgIpc) is 2.85. The van der Waals surface area contributed by atoms with Gasteiger partial charge in [0.1, 0.15) is 11.1 Å². The lowest BCUT2D eigenvalue weighted by atomic mass is 9.88. The third kappa shape index (κ3) is 3.39. The van der Waals surface area contributed by atoms with E-state index in [4.69, 9.17) is 11.6 Å². The third-order valence-electron chi connectivity index (χ3n) is 4.02. The highest BCUT2D eigenvalue weighted by Crippen LogP contribution is 2.39. The largest absolute Gasteiger partial charge is 0.312 e. The Bertz CT molecular complexity index is 825. The van der Waals surface area contributed by atoms with Crippen LogP contribution in [0.25, 0.3) is 0 Å². The topological polar surface area (TPSA) is 52.9 Å². The van der Waals surface area contributed by atoms with E-state index in [9.17, 15) is 10.1 Å². The van der Waals surface area contributed by atoms with Crippen LogP contribution in [0.1, 0.15) is 39.7 Å². The van der Waals surface area contributed by atoms with Gasteiger partial charge in [0.25, 0.3) is 5.91 Å². The van der Waals surface area contributed by atoms with Crippen LogP contribution in [0.5, 0.6) is 0 Å². The van der Waals surface area contributed by atoms with Gasteiger partial charge in [-0.3, -0.25) is 4.79 Å². The maximum absolute atomic E-state index is 12.5. The van der Waals surface area contributed by atoms with E-state index in [-0.39, 0.29) is 5.91 Å². The first-order chi connectivity index (χ1) is 11.0. The molecule has 0 saturated carbocycles. The number of thiophene rings is 1. The Morgan fingerprint density at radius 2 is 2.30 bits per heavy atom. The summed E-state index contributed by atoms with van der Waals surface area (Å²) in [4.78, 5) is 13.8. The molecule has 0 aliphatic heterocycles. The number of rotatable bonds is 2. The van der Waals surface area contributed by atoms with Gasteiger partial charge in [-0.15, -0.1) is 11.3 Å². The Morgan fingerprint density at radius 3 is 3.04 bits per heavy atom. The van der Waals surface area contributed by atoms with Crippen LogP contribution in [0.4, 0.5) is 5.00 Å². The summed E-state index contributed by atoms with van der Waals surface area (Å²) in [5.74, 6) is 0.359. The number of nitrogens with one attached hydrogen (secondary N) is 1. The van der Waals surface area contributed by atoms with Crippen molar-refractivity contribution in [1.82, 2.24) is 0 Å². The zero-order valence-electron chi connectivity index (χ0n) is 12.5. The van der Waals surface area contributed by atoms with Gasteiger partial charge >= 0.3 is 0 Å². The number of hydrogen-bond donors (Lipinski definition) is 1. The Balaban J connectivity index is 1.93. The average molecular weight is 457 g/mol. The van der Waals surface area contributed by atoms with E-state index in [1.54, 1.807) is 12.1 Å². The first-order valence-electron chi connectivity index (χ1n) is 7.30. The first kappa shape index (κ1) is 16.7. The van der Waals surface area contributed by atoms with Crippen LogP contribution in [0.3, 0.4) is 0 Å². The molecule has 0 unspecified atom stereocenters. The van der Waals surface area contributed by atoms with Crippen LogP contribution in [0, 0.1) is 20.8 Å². The first-order valence-corrected chi connectivity index (χ1v) is 9.58. The number of carbonyl (C=O) groups excluding carboxylic acids is 1. The van der Waals surface area contributed by atoms with Crippen molar-refractivity contribution in [3.05, 3.63) is 48.4 Å². The number of halogens is 2. The van der Waals surface area contributed by atoms with Crippen molar-refractivity contribution in [3.63, 3.8) is 0 Å². The monoisotopic (exact) mass is 456 g/mol. The quantitative estimate of drug-likeness (QED) is 0.627. The van der Waals surface area contributed by atoms with E-state index in [2.05, 4.69) is 40.9 Å². The lowest BCUT2D eigenvalue weighted by molar-refractivity contribution is 0.102. The minimum absolute atomic E-state index is 0.267. The van der Waals surface area contributed by atoms with Crippen LogP contribution >= 0.6 is 45.5 Å². The fourth-order valence-corrected chi connectivity index (χ4v) is 4.85. The predicted octanol–water partition coefficient (Wildman–Crippen LogP) is 5.25. The van der Waals surface area contributed by atoms with Gasteiger partial charge in [0.2, 0.25) is 0 Å². The molecule has 1 atom stereocenters. The van der Waals surface area contributed by atoms with Crippen molar-refractivity contribution in [2.24, 2.45) is 5.92 Å². The van der Waals surface area contributed by atoms with E-state index in [1.807, 2.05) is 6.07 Å². The molecule has 1 aromatic heterocycles. The molecule has 1 aliphatic rings. The highest BCUT2D eigenvalue weighted by Gasteiger charge is 2.25. The van der Waals surface area contributed by atoms with Crippen molar-refractivity contribution in [2.45, 2.75) is 26.2 Å². The maximum atomic E-state index is 12.5. The highest BCUT2D eigenvalue weighted by molar-refractivity contribution is 14.1. The molecule has 2 aromatic rings. The van der Waals surface area contributed by atoms with Crippen LogP contribution in [0.15, 0.2) is 18.2 Å². The zero-order valence-corrected chi connectivity index (χ0v) is 16.2. The molecular formula is C17H14ClIN2OS. The molecule has 3 nitrogen and oxygen atoms in total. The summed E-state index contributed by atoms with van der Waals surface area (Å²) in [7, 11) is 0. The van der Waals surface area contributed by atoms with Crippen molar-refractivity contribution in [3.8, 4) is 6.07 Å². The number of nitriles is 1. The molecule has 1 aliphatic carbocycles. The molecule has 6 heteroatoms. The summed E-state index contributed by atoms with van der Waals surface area (Å²) < 4.78 is 0.942. The third-order valence-corrected chi connectivity index (χ3v) is 6.19. The van der Waals surface area contributed by atoms with E-state index in [0.29, 0.717) is 27.1 Å². The lowest BCUT2D eigenvalue weighted by Gasteiger charge is -2.17. The molecule has 0 fully saturated rings. The Hall–Kier alpha value is -1.10. The predicted molar refractivity (Wildman–Crippen MR) is 102 cm³/mol. The normalized spacial score (nSPS) is 16.5. The molecule has 1 heterocycles. The molecule has 1 aromatic carbocycles. The van der Waals surface area contributed by atoms with Gasteiger partial charge in [0, 0.05) is 8.45 Å². The molecule has 23 heavy (non-hydrogen) atoms. The van der Waals surface area contributed by atoms with Gasteiger partial charge in [0.05, 0.1) is 16.1 Å². The van der Waals surface area contributed by atoms with Crippen molar-refractivity contribution >= 4 is 56.4 Å². The summed E-state index contributed by atoms with van der Waals surface area (Å²) in [5.41, 5.74) is 2.16. The number of amides is 1. The number of benzene rings is 1. The van der Waals surface area contributed by atoms with Gasteiger partial charge in [-0.05, 0) is 71.5 Å². The second-order valence-electron chi connectivity index (χ2n) is 5.75. The van der Waals surface area contributed by atoms with Gasteiger partial charge in [-0.1, -0.05) is 18.5 Å². The van der Waals surface area contributed by atoms with Crippen molar-refractivity contribution < 1.29 is 4.79 Å². The van der Waals surface area contributed by atoms with E-state index < -0.39 is 0 Å². The Morgan fingerprint density at radius 1 is 1.52 bits per heavy atom. The van der Waals surface area contributed by atoms with Crippen molar-refractivity contribution in [1.29, 1.82) is 5.26 Å². The standard InChI is InChI=1S/C17H14ClIN2OS/c1-9-2-4-11-13(8-20)17(23-15(11)6-9)21-16(22)12-7-10(19)3-5-14(12)18/h3,5,7,9H,2,4,6H2,1H3,(H,21,22)/t9-/m0/s1. The zero-order chi connectivity index (χ0) is 16.6. The number of hydrogen-bond acceptors (Lipinski definition) is 3. The summed E-state index contributed by atoms with van der Waals surface area (Å²) >= 11 is 9.79. The molecule has 0 spiro atoms. The van der Waals surface area contributed by atoms with Gasteiger partial charge < -0.3 is 5.32 Å². The van der Waals surface area contributed by atoms with E-state index in [1.165, 1.54) is 16.2 Å². The van der Waals surface area contributed by atoms with E-state index in [0.717, 1.165) is 28.4 Å². The molecule has 1 N–H and O–H groups in total. The summed E-state index contributed by atoms with van der Waals surface area (Å²) in [6.45, 7) is 2.22. The second-order valence-corrected chi connectivity index (χ2v) is 8.50. The molecule has 3 rings (SSSR count). The molecular weight excluding hydrogens is 443 g/mol. The number of carbonyl (C=O) groups is 1. The number of anilines is 1. The smallest absolute Gasteiger partial charge is 0.257 e. The number of nitrogens with zero attached hydrogens (tertiary/aromatic N) is 1. The number of fused-ring (bicyclic) bond motifs is 1. The summed E-state index contributed by atoms with van der Waals surface area (Å²) in [5, 5.41) is 13.4.